The highest BCUT2D eigenvalue weighted by atomic mass is 32.1. The normalized spacial score (nSPS) is 11.0. The van der Waals surface area contributed by atoms with Gasteiger partial charge >= 0.3 is 0 Å². The number of anilines is 4. The number of thiazole rings is 1. The molecule has 0 bridgehead atoms. The van der Waals surface area contributed by atoms with Crippen molar-refractivity contribution in [1.82, 2.24) is 19.9 Å². The number of benzene rings is 2. The second-order valence-corrected chi connectivity index (χ2v) is 8.04. The van der Waals surface area contributed by atoms with E-state index in [0.29, 0.717) is 38.7 Å². The summed E-state index contributed by atoms with van der Waals surface area (Å²) in [5.74, 6) is 1.55. The van der Waals surface area contributed by atoms with Crippen LogP contribution in [0.15, 0.2) is 48.7 Å². The van der Waals surface area contributed by atoms with Gasteiger partial charge in [-0.15, -0.1) is 0 Å². The number of fused-ring (bicyclic) bond motifs is 3. The third-order valence-corrected chi connectivity index (χ3v) is 5.80. The third-order valence-electron chi connectivity index (χ3n) is 4.98. The number of carbonyl (C=O) groups excluding carboxylic acids is 1. The van der Waals surface area contributed by atoms with Gasteiger partial charge in [0, 0.05) is 17.0 Å². The van der Waals surface area contributed by atoms with Crippen LogP contribution in [0.4, 0.5) is 21.9 Å². The Morgan fingerprint density at radius 1 is 1.09 bits per heavy atom. The maximum Gasteiger partial charge on any atom is 0.257 e. The zero-order valence-corrected chi connectivity index (χ0v) is 18.5. The number of hydrogen-bond donors (Lipinski definition) is 4. The molecule has 5 N–H and O–H groups in total. The van der Waals surface area contributed by atoms with Crippen molar-refractivity contribution in [1.29, 1.82) is 0 Å². The first-order chi connectivity index (χ1) is 16.1. The number of rotatable bonds is 6. The van der Waals surface area contributed by atoms with E-state index in [1.807, 2.05) is 18.2 Å². The topological polar surface area (TPSA) is 140 Å². The Hall–Kier alpha value is -4.38. The number of nitrogens with one attached hydrogen (secondary N) is 3. The molecule has 1 amide bonds. The fourth-order valence-electron chi connectivity index (χ4n) is 3.50. The van der Waals surface area contributed by atoms with E-state index in [9.17, 15) is 4.79 Å². The number of nitrogens with zero attached hydrogens (tertiary/aromatic N) is 3. The van der Waals surface area contributed by atoms with Gasteiger partial charge in [-0.05, 0) is 18.2 Å². The number of nitrogens with two attached hydrogens (primary N) is 1. The van der Waals surface area contributed by atoms with Crippen molar-refractivity contribution in [2.45, 2.75) is 0 Å². The molecule has 0 aliphatic heterocycles. The molecule has 5 rings (SSSR count). The molecule has 3 aromatic heterocycles. The summed E-state index contributed by atoms with van der Waals surface area (Å²) in [6.07, 6.45) is 1.62. The van der Waals surface area contributed by atoms with E-state index in [1.165, 1.54) is 11.3 Å². The predicted molar refractivity (Wildman–Crippen MR) is 129 cm³/mol. The van der Waals surface area contributed by atoms with E-state index in [2.05, 4.69) is 30.6 Å². The molecule has 10 nitrogen and oxygen atoms in total. The van der Waals surface area contributed by atoms with Gasteiger partial charge in [0.15, 0.2) is 16.6 Å². The zero-order chi connectivity index (χ0) is 22.9. The van der Waals surface area contributed by atoms with Crippen molar-refractivity contribution in [2.24, 2.45) is 0 Å². The molecule has 11 heteroatoms. The number of aromatic amines is 1. The lowest BCUT2D eigenvalue weighted by Crippen LogP contribution is -2.11. The molecular formula is C22H19N7O3S. The highest BCUT2D eigenvalue weighted by Gasteiger charge is 2.17. The Morgan fingerprint density at radius 3 is 2.61 bits per heavy atom. The Bertz CT molecular complexity index is 1480. The minimum absolute atomic E-state index is 0.109. The highest BCUT2D eigenvalue weighted by molar-refractivity contribution is 7.19. The number of methoxy groups -OCH3 is 2. The van der Waals surface area contributed by atoms with Gasteiger partial charge in [0.2, 0.25) is 5.95 Å². The van der Waals surface area contributed by atoms with Crippen molar-refractivity contribution in [2.75, 3.05) is 30.6 Å². The van der Waals surface area contributed by atoms with Crippen molar-refractivity contribution >= 4 is 61.1 Å². The molecule has 3 heterocycles. The second-order valence-electron chi connectivity index (χ2n) is 7.01. The van der Waals surface area contributed by atoms with E-state index >= 15 is 0 Å². The van der Waals surface area contributed by atoms with E-state index in [1.54, 1.807) is 44.7 Å². The summed E-state index contributed by atoms with van der Waals surface area (Å²) >= 11 is 1.28. The molecule has 0 fully saturated rings. The Morgan fingerprint density at radius 2 is 1.85 bits per heavy atom. The number of nitrogen functional groups attached to an aromatic ring is 1. The first kappa shape index (κ1) is 20.5. The third kappa shape index (κ3) is 3.85. The van der Waals surface area contributed by atoms with Crippen molar-refractivity contribution in [3.8, 4) is 11.5 Å². The zero-order valence-electron chi connectivity index (χ0n) is 17.7. The maximum absolute atomic E-state index is 12.4. The summed E-state index contributed by atoms with van der Waals surface area (Å²) in [7, 11) is 3.16. The highest BCUT2D eigenvalue weighted by Crippen LogP contribution is 2.39. The molecule has 0 saturated heterocycles. The predicted octanol–water partition coefficient (Wildman–Crippen LogP) is 4.16. The lowest BCUT2D eigenvalue weighted by molar-refractivity contribution is 0.102. The molecule has 33 heavy (non-hydrogen) atoms. The van der Waals surface area contributed by atoms with E-state index in [0.717, 1.165) is 16.3 Å². The summed E-state index contributed by atoms with van der Waals surface area (Å²) in [4.78, 5) is 28.6. The number of ether oxygens (including phenoxy) is 2. The van der Waals surface area contributed by atoms with Crippen LogP contribution in [0.2, 0.25) is 0 Å². The molecule has 5 aromatic rings. The maximum atomic E-state index is 12.4. The largest absolute Gasteiger partial charge is 0.493 e. The van der Waals surface area contributed by atoms with Crippen LogP contribution in [0, 0.1) is 0 Å². The molecule has 0 atom stereocenters. The van der Waals surface area contributed by atoms with Gasteiger partial charge < -0.3 is 25.5 Å². The molecule has 0 saturated carbocycles. The summed E-state index contributed by atoms with van der Waals surface area (Å²) < 4.78 is 10.8. The van der Waals surface area contributed by atoms with E-state index < -0.39 is 0 Å². The minimum Gasteiger partial charge on any atom is -0.493 e. The van der Waals surface area contributed by atoms with Gasteiger partial charge in [0.25, 0.3) is 5.91 Å². The number of aromatic nitrogens is 4. The minimum atomic E-state index is -0.233. The van der Waals surface area contributed by atoms with Crippen LogP contribution >= 0.6 is 11.3 Å². The van der Waals surface area contributed by atoms with Crippen molar-refractivity contribution in [3.05, 3.63) is 54.2 Å². The van der Waals surface area contributed by atoms with Gasteiger partial charge in [0.1, 0.15) is 16.5 Å². The number of H-pyrrole nitrogens is 1. The fourth-order valence-corrected chi connectivity index (χ4v) is 4.21. The van der Waals surface area contributed by atoms with Crippen LogP contribution in [0.25, 0.3) is 21.9 Å². The average molecular weight is 462 g/mol. The Labute approximate surface area is 191 Å². The van der Waals surface area contributed by atoms with Crippen LogP contribution in [0.1, 0.15) is 10.4 Å². The van der Waals surface area contributed by atoms with Crippen LogP contribution in [-0.4, -0.2) is 40.1 Å². The number of carbonyl (C=O) groups is 1. The molecule has 166 valence electrons. The fraction of sp³-hybridized carbons (Fsp3) is 0.0909. The van der Waals surface area contributed by atoms with Gasteiger partial charge in [-0.1, -0.05) is 29.5 Å². The number of amides is 1. The first-order valence-electron chi connectivity index (χ1n) is 9.86. The molecular weight excluding hydrogens is 442 g/mol. The van der Waals surface area contributed by atoms with Gasteiger partial charge in [0.05, 0.1) is 31.3 Å². The van der Waals surface area contributed by atoms with Crippen LogP contribution < -0.4 is 25.8 Å². The van der Waals surface area contributed by atoms with Crippen LogP contribution in [0.3, 0.4) is 0 Å². The standard InChI is InChI=1S/C22H19N7O3S/c1-31-14-8-12-13(9-15(14)32-2)25-18-17(12)19(28-21(23)27-18)26-16-10-24-22(33-16)29-20(30)11-6-4-3-5-7-11/h3-10H,1-2H3,(H,24,29,30)(H4,23,25,26,27,28). The molecule has 0 aliphatic carbocycles. The van der Waals surface area contributed by atoms with Crippen molar-refractivity contribution < 1.29 is 14.3 Å². The first-order valence-corrected chi connectivity index (χ1v) is 10.7. The molecule has 0 unspecified atom stereocenters. The number of hydrogen-bond acceptors (Lipinski definition) is 9. The van der Waals surface area contributed by atoms with E-state index in [4.69, 9.17) is 15.2 Å². The van der Waals surface area contributed by atoms with Crippen molar-refractivity contribution in [3.63, 3.8) is 0 Å². The summed E-state index contributed by atoms with van der Waals surface area (Å²) in [5.41, 5.74) is 7.86. The van der Waals surface area contributed by atoms with Crippen LogP contribution in [-0.2, 0) is 0 Å². The average Bonchev–Trinajstić information content (AvgIpc) is 3.41. The van der Waals surface area contributed by atoms with E-state index in [-0.39, 0.29) is 11.9 Å². The second kappa shape index (κ2) is 8.28. The van der Waals surface area contributed by atoms with Gasteiger partial charge in [-0.2, -0.15) is 9.97 Å². The lowest BCUT2D eigenvalue weighted by Gasteiger charge is -2.08. The monoisotopic (exact) mass is 461 g/mol. The SMILES string of the molecule is COc1cc2[nH]c3nc(N)nc(Nc4cnc(NC(=O)c5ccccc5)s4)c3c2cc1OC. The molecule has 0 spiro atoms. The Kier molecular flexibility index (Phi) is 5.15. The quantitative estimate of drug-likeness (QED) is 0.295. The summed E-state index contributed by atoms with van der Waals surface area (Å²) in [5, 5.41) is 8.75. The summed E-state index contributed by atoms with van der Waals surface area (Å²) in [6, 6.07) is 12.6. The Balaban J connectivity index is 1.49. The van der Waals surface area contributed by atoms with Gasteiger partial charge in [-0.3, -0.25) is 10.1 Å². The molecule has 2 aromatic carbocycles. The summed E-state index contributed by atoms with van der Waals surface area (Å²) in [6.45, 7) is 0. The molecule has 0 aliphatic rings. The van der Waals surface area contributed by atoms with Gasteiger partial charge in [-0.25, -0.2) is 4.98 Å². The lowest BCUT2D eigenvalue weighted by atomic mass is 10.2. The smallest absolute Gasteiger partial charge is 0.257 e. The van der Waals surface area contributed by atoms with Crippen LogP contribution in [0.5, 0.6) is 11.5 Å². The molecule has 0 radical (unpaired) electrons.